The topological polar surface area (TPSA) is 62.8 Å². The Hall–Kier alpha value is -1.79. The molecule has 2 saturated heterocycles. The molecule has 0 saturated carbocycles. The van der Waals surface area contributed by atoms with Gasteiger partial charge >= 0.3 is 0 Å². The van der Waals surface area contributed by atoms with E-state index in [9.17, 15) is 4.79 Å². The summed E-state index contributed by atoms with van der Waals surface area (Å²) in [6.45, 7) is 3.46. The first-order chi connectivity index (χ1) is 12.2. The molecule has 6 heteroatoms. The van der Waals surface area contributed by atoms with Gasteiger partial charge in [0.1, 0.15) is 11.4 Å². The van der Waals surface area contributed by atoms with E-state index in [0.29, 0.717) is 0 Å². The van der Waals surface area contributed by atoms with Gasteiger partial charge in [0.25, 0.3) is 5.91 Å². The lowest BCUT2D eigenvalue weighted by Gasteiger charge is -2.39. The fourth-order valence-corrected chi connectivity index (χ4v) is 3.81. The first kappa shape index (κ1) is 18.0. The van der Waals surface area contributed by atoms with Crippen LogP contribution in [0.4, 0.5) is 5.69 Å². The van der Waals surface area contributed by atoms with Gasteiger partial charge in [-0.2, -0.15) is 0 Å². The highest BCUT2D eigenvalue weighted by Gasteiger charge is 2.40. The Balaban J connectivity index is 1.64. The monoisotopic (exact) mass is 347 g/mol. The molecule has 1 amide bonds. The van der Waals surface area contributed by atoms with E-state index >= 15 is 0 Å². The van der Waals surface area contributed by atoms with Crippen molar-refractivity contribution in [2.24, 2.45) is 0 Å². The fourth-order valence-electron chi connectivity index (χ4n) is 3.81. The predicted octanol–water partition coefficient (Wildman–Crippen LogP) is 1.55. The van der Waals surface area contributed by atoms with Gasteiger partial charge in [-0.1, -0.05) is 6.07 Å². The van der Waals surface area contributed by atoms with Crippen molar-refractivity contribution in [1.29, 1.82) is 0 Å². The first-order valence-electron chi connectivity index (χ1n) is 9.13. The van der Waals surface area contributed by atoms with Crippen molar-refractivity contribution in [1.82, 2.24) is 10.6 Å². The molecule has 2 aliphatic rings. The van der Waals surface area contributed by atoms with Crippen LogP contribution < -0.4 is 20.3 Å². The summed E-state index contributed by atoms with van der Waals surface area (Å²) in [6, 6.07) is 8.25. The van der Waals surface area contributed by atoms with Crippen molar-refractivity contribution in [2.75, 3.05) is 45.3 Å². The molecule has 1 atom stereocenters. The standard InChI is InChI=1S/C19H29N3O3/c1-24-17-7-3-6-16(13-17)22-12-4-5-15(14-22)21-18(23)19(25-2)8-10-20-11-9-19/h3,6-7,13,15,20H,4-5,8-12,14H2,1-2H3,(H,21,23). The van der Waals surface area contributed by atoms with Gasteiger partial charge in [-0.3, -0.25) is 4.79 Å². The predicted molar refractivity (Wildman–Crippen MR) is 98.2 cm³/mol. The van der Waals surface area contributed by atoms with Crippen LogP contribution in [0, 0.1) is 0 Å². The third kappa shape index (κ3) is 4.07. The van der Waals surface area contributed by atoms with Gasteiger partial charge in [0.15, 0.2) is 0 Å². The minimum Gasteiger partial charge on any atom is -0.497 e. The lowest BCUT2D eigenvalue weighted by molar-refractivity contribution is -0.147. The number of hydrogen-bond acceptors (Lipinski definition) is 5. The highest BCUT2D eigenvalue weighted by atomic mass is 16.5. The molecule has 2 aliphatic heterocycles. The molecule has 1 unspecified atom stereocenters. The highest BCUT2D eigenvalue weighted by Crippen LogP contribution is 2.26. The number of nitrogens with zero attached hydrogens (tertiary/aromatic N) is 1. The highest BCUT2D eigenvalue weighted by molar-refractivity contribution is 5.85. The Labute approximate surface area is 149 Å². The molecule has 6 nitrogen and oxygen atoms in total. The lowest BCUT2D eigenvalue weighted by atomic mass is 9.90. The van der Waals surface area contributed by atoms with Crippen LogP contribution in [0.1, 0.15) is 25.7 Å². The number of carbonyl (C=O) groups is 1. The van der Waals surface area contributed by atoms with Gasteiger partial charge in [-0.25, -0.2) is 0 Å². The summed E-state index contributed by atoms with van der Waals surface area (Å²) >= 11 is 0. The number of carbonyl (C=O) groups excluding carboxylic acids is 1. The molecule has 0 bridgehead atoms. The van der Waals surface area contributed by atoms with Crippen LogP contribution in [-0.2, 0) is 9.53 Å². The Morgan fingerprint density at radius 1 is 1.32 bits per heavy atom. The van der Waals surface area contributed by atoms with Crippen LogP contribution >= 0.6 is 0 Å². The van der Waals surface area contributed by atoms with Crippen molar-refractivity contribution in [3.8, 4) is 5.75 Å². The average Bonchev–Trinajstić information content (AvgIpc) is 2.68. The van der Waals surface area contributed by atoms with Crippen LogP contribution in [-0.4, -0.2) is 57.9 Å². The molecular formula is C19H29N3O3. The molecule has 0 aliphatic carbocycles. The lowest BCUT2D eigenvalue weighted by Crippen LogP contribution is -2.58. The molecule has 1 aromatic carbocycles. The van der Waals surface area contributed by atoms with Crippen molar-refractivity contribution in [3.05, 3.63) is 24.3 Å². The molecule has 2 N–H and O–H groups in total. The second-order valence-corrected chi connectivity index (χ2v) is 6.91. The van der Waals surface area contributed by atoms with Crippen LogP contribution in [0.15, 0.2) is 24.3 Å². The third-order valence-corrected chi connectivity index (χ3v) is 5.39. The van der Waals surface area contributed by atoms with E-state index in [0.717, 1.165) is 63.3 Å². The zero-order valence-corrected chi connectivity index (χ0v) is 15.2. The number of rotatable bonds is 5. The van der Waals surface area contributed by atoms with Gasteiger partial charge in [0.2, 0.25) is 0 Å². The Morgan fingerprint density at radius 2 is 2.12 bits per heavy atom. The molecule has 2 heterocycles. The summed E-state index contributed by atoms with van der Waals surface area (Å²) in [5.74, 6) is 0.894. The first-order valence-corrected chi connectivity index (χ1v) is 9.13. The number of benzene rings is 1. The summed E-state index contributed by atoms with van der Waals surface area (Å²) < 4.78 is 11.0. The third-order valence-electron chi connectivity index (χ3n) is 5.39. The van der Waals surface area contributed by atoms with E-state index in [1.54, 1.807) is 14.2 Å². The van der Waals surface area contributed by atoms with E-state index in [4.69, 9.17) is 9.47 Å². The smallest absolute Gasteiger partial charge is 0.252 e. The van der Waals surface area contributed by atoms with Crippen molar-refractivity contribution in [3.63, 3.8) is 0 Å². The molecule has 1 aromatic rings. The molecule has 0 spiro atoms. The van der Waals surface area contributed by atoms with Crippen molar-refractivity contribution in [2.45, 2.75) is 37.3 Å². The maximum absolute atomic E-state index is 12.9. The number of nitrogens with one attached hydrogen (secondary N) is 2. The molecule has 2 fully saturated rings. The molecule has 25 heavy (non-hydrogen) atoms. The van der Waals surface area contributed by atoms with Crippen LogP contribution in [0.5, 0.6) is 5.75 Å². The summed E-state index contributed by atoms with van der Waals surface area (Å²) in [5.41, 5.74) is 0.463. The maximum atomic E-state index is 12.9. The molecule has 0 radical (unpaired) electrons. The molecule has 0 aromatic heterocycles. The normalized spacial score (nSPS) is 23.1. The SMILES string of the molecule is COc1cccc(N2CCCC(NC(=O)C3(OC)CCNCC3)C2)c1. The number of amides is 1. The van der Waals surface area contributed by atoms with E-state index in [1.165, 1.54) is 0 Å². The van der Waals surface area contributed by atoms with Gasteiger partial charge in [-0.05, 0) is 50.9 Å². The fraction of sp³-hybridized carbons (Fsp3) is 0.632. The zero-order valence-electron chi connectivity index (χ0n) is 15.2. The van der Waals surface area contributed by atoms with E-state index in [2.05, 4.69) is 21.6 Å². The van der Waals surface area contributed by atoms with Gasteiger partial charge in [0, 0.05) is 38.0 Å². The minimum atomic E-state index is -0.677. The molecular weight excluding hydrogens is 318 g/mol. The summed E-state index contributed by atoms with van der Waals surface area (Å²) in [5, 5.41) is 6.54. The number of ether oxygens (including phenoxy) is 2. The summed E-state index contributed by atoms with van der Waals surface area (Å²) in [7, 11) is 3.33. The zero-order chi connectivity index (χ0) is 17.7. The van der Waals surface area contributed by atoms with Gasteiger partial charge in [0.05, 0.1) is 7.11 Å². The molecule has 3 rings (SSSR count). The number of methoxy groups -OCH3 is 2. The largest absolute Gasteiger partial charge is 0.497 e. The Kier molecular flexibility index (Phi) is 5.81. The maximum Gasteiger partial charge on any atom is 0.252 e. The molecule has 138 valence electrons. The minimum absolute atomic E-state index is 0.0361. The van der Waals surface area contributed by atoms with Crippen LogP contribution in [0.2, 0.25) is 0 Å². The van der Waals surface area contributed by atoms with E-state index in [-0.39, 0.29) is 11.9 Å². The second kappa shape index (κ2) is 8.06. The van der Waals surface area contributed by atoms with E-state index in [1.807, 2.05) is 18.2 Å². The van der Waals surface area contributed by atoms with E-state index < -0.39 is 5.60 Å². The average molecular weight is 347 g/mol. The number of hydrogen-bond donors (Lipinski definition) is 2. The Morgan fingerprint density at radius 3 is 2.84 bits per heavy atom. The van der Waals surface area contributed by atoms with Gasteiger partial charge in [-0.15, -0.1) is 0 Å². The van der Waals surface area contributed by atoms with Crippen LogP contribution in [0.25, 0.3) is 0 Å². The second-order valence-electron chi connectivity index (χ2n) is 6.91. The summed E-state index contributed by atoms with van der Waals surface area (Å²) in [6.07, 6.45) is 3.51. The number of anilines is 1. The van der Waals surface area contributed by atoms with Crippen molar-refractivity contribution >= 4 is 11.6 Å². The summed E-state index contributed by atoms with van der Waals surface area (Å²) in [4.78, 5) is 15.2. The Bertz CT molecular complexity index is 587. The van der Waals surface area contributed by atoms with Gasteiger partial charge < -0.3 is 25.0 Å². The quantitative estimate of drug-likeness (QED) is 0.846. The van der Waals surface area contributed by atoms with Crippen molar-refractivity contribution < 1.29 is 14.3 Å². The number of piperidine rings is 2. The van der Waals surface area contributed by atoms with Crippen LogP contribution in [0.3, 0.4) is 0 Å².